The predicted octanol–water partition coefficient (Wildman–Crippen LogP) is 5.06. The first-order valence-corrected chi connectivity index (χ1v) is 12.5. The molecule has 1 heterocycles. The quantitative estimate of drug-likeness (QED) is 0.414. The summed E-state index contributed by atoms with van der Waals surface area (Å²) in [4.78, 5) is 29.3. The van der Waals surface area contributed by atoms with Gasteiger partial charge in [-0.3, -0.25) is 9.59 Å². The first-order valence-electron chi connectivity index (χ1n) is 12.5. The van der Waals surface area contributed by atoms with Crippen LogP contribution in [0.4, 0.5) is 0 Å². The van der Waals surface area contributed by atoms with Crippen LogP contribution in [0.25, 0.3) is 0 Å². The molecule has 1 N–H and O–H groups in total. The smallest absolute Gasteiger partial charge is 0.290 e. The third-order valence-electron chi connectivity index (χ3n) is 6.73. The lowest BCUT2D eigenvalue weighted by molar-refractivity contribution is -0.126. The van der Waals surface area contributed by atoms with E-state index >= 15 is 0 Å². The van der Waals surface area contributed by atoms with Gasteiger partial charge in [-0.15, -0.1) is 0 Å². The number of carbonyl (C=O) groups is 2. The summed E-state index contributed by atoms with van der Waals surface area (Å²) in [5.41, 5.74) is 2.53. The molecule has 4 rings (SSSR count). The number of hydrogen-bond acceptors (Lipinski definition) is 6. The number of nitrogens with zero attached hydrogens (tertiary/aromatic N) is 1. The van der Waals surface area contributed by atoms with Crippen LogP contribution in [0.15, 0.2) is 59.2 Å². The molecule has 2 aromatic carbocycles. The number of hydrogen-bond donors (Lipinski definition) is 1. The number of methoxy groups -OCH3 is 3. The highest BCUT2D eigenvalue weighted by molar-refractivity contribution is 5.96. The van der Waals surface area contributed by atoms with E-state index in [-0.39, 0.29) is 24.3 Å². The highest BCUT2D eigenvalue weighted by Crippen LogP contribution is 2.41. The summed E-state index contributed by atoms with van der Waals surface area (Å²) in [6, 6.07) is 13.7. The van der Waals surface area contributed by atoms with Gasteiger partial charge in [-0.05, 0) is 55.2 Å². The molecule has 1 fully saturated rings. The van der Waals surface area contributed by atoms with Crippen molar-refractivity contribution >= 4 is 11.8 Å². The van der Waals surface area contributed by atoms with Crippen molar-refractivity contribution in [3.8, 4) is 17.2 Å². The minimum Gasteiger partial charge on any atom is -0.493 e. The third kappa shape index (κ3) is 5.90. The molecule has 196 valence electrons. The Morgan fingerprint density at radius 3 is 2.19 bits per heavy atom. The highest BCUT2D eigenvalue weighted by Gasteiger charge is 2.36. The number of rotatable bonds is 10. The molecule has 8 heteroatoms. The van der Waals surface area contributed by atoms with Gasteiger partial charge in [0, 0.05) is 12.6 Å². The van der Waals surface area contributed by atoms with Gasteiger partial charge in [-0.1, -0.05) is 42.7 Å². The van der Waals surface area contributed by atoms with Crippen molar-refractivity contribution in [2.24, 2.45) is 0 Å². The van der Waals surface area contributed by atoms with Crippen molar-refractivity contribution in [2.45, 2.75) is 51.2 Å². The summed E-state index contributed by atoms with van der Waals surface area (Å²) < 4.78 is 22.1. The normalized spacial score (nSPS) is 14.2. The number of furan rings is 1. The number of benzene rings is 2. The summed E-state index contributed by atoms with van der Waals surface area (Å²) >= 11 is 0. The van der Waals surface area contributed by atoms with E-state index in [9.17, 15) is 9.59 Å². The number of amides is 2. The molecule has 0 spiro atoms. The van der Waals surface area contributed by atoms with Crippen molar-refractivity contribution in [1.29, 1.82) is 0 Å². The van der Waals surface area contributed by atoms with Crippen LogP contribution in [0, 0.1) is 6.92 Å². The lowest BCUT2D eigenvalue weighted by Crippen LogP contribution is -2.45. The van der Waals surface area contributed by atoms with Crippen LogP contribution < -0.4 is 19.5 Å². The Labute approximate surface area is 217 Å². The van der Waals surface area contributed by atoms with Crippen LogP contribution in [0.1, 0.15) is 59.0 Å². The fourth-order valence-corrected chi connectivity index (χ4v) is 4.79. The largest absolute Gasteiger partial charge is 0.493 e. The van der Waals surface area contributed by atoms with Crippen LogP contribution >= 0.6 is 0 Å². The van der Waals surface area contributed by atoms with Gasteiger partial charge in [0.1, 0.15) is 6.04 Å². The van der Waals surface area contributed by atoms with Gasteiger partial charge < -0.3 is 28.8 Å². The van der Waals surface area contributed by atoms with Crippen molar-refractivity contribution in [1.82, 2.24) is 10.2 Å². The van der Waals surface area contributed by atoms with Gasteiger partial charge in [0.25, 0.3) is 5.91 Å². The molecule has 8 nitrogen and oxygen atoms in total. The second-order valence-electron chi connectivity index (χ2n) is 9.25. The second kappa shape index (κ2) is 11.9. The zero-order valence-electron chi connectivity index (χ0n) is 21.8. The molecule has 1 aromatic heterocycles. The molecule has 1 aliphatic rings. The fraction of sp³-hybridized carbons (Fsp3) is 0.379. The van der Waals surface area contributed by atoms with Crippen LogP contribution in [-0.2, 0) is 11.3 Å². The lowest BCUT2D eigenvalue weighted by Gasteiger charge is -2.32. The van der Waals surface area contributed by atoms with Gasteiger partial charge in [0.2, 0.25) is 11.7 Å². The zero-order valence-corrected chi connectivity index (χ0v) is 21.8. The van der Waals surface area contributed by atoms with Crippen molar-refractivity contribution in [2.75, 3.05) is 21.3 Å². The van der Waals surface area contributed by atoms with Gasteiger partial charge in [0.05, 0.1) is 27.6 Å². The zero-order chi connectivity index (χ0) is 26.4. The Balaban J connectivity index is 1.84. The van der Waals surface area contributed by atoms with Gasteiger partial charge in [-0.2, -0.15) is 0 Å². The maximum Gasteiger partial charge on any atom is 0.290 e. The maximum atomic E-state index is 14.0. The minimum atomic E-state index is -0.979. The van der Waals surface area contributed by atoms with E-state index in [1.54, 1.807) is 24.3 Å². The number of carbonyl (C=O) groups excluding carboxylic acids is 2. The van der Waals surface area contributed by atoms with Gasteiger partial charge in [-0.25, -0.2) is 0 Å². The van der Waals surface area contributed by atoms with E-state index in [1.807, 2.05) is 31.2 Å². The Morgan fingerprint density at radius 2 is 1.65 bits per heavy atom. The Kier molecular flexibility index (Phi) is 8.38. The third-order valence-corrected chi connectivity index (χ3v) is 6.73. The van der Waals surface area contributed by atoms with E-state index in [0.29, 0.717) is 22.8 Å². The SMILES string of the molecule is COc1cc([C@@H](C(=O)NC2CCCC2)N(Cc2ccc(C)cc2)C(=O)c2ccco2)cc(OC)c1OC. The number of nitrogens with one attached hydrogen (secondary N) is 1. The predicted molar refractivity (Wildman–Crippen MR) is 139 cm³/mol. The standard InChI is InChI=1S/C29H34N2O6/c1-19-11-13-20(14-12-19)18-31(29(33)23-10-7-15-37-23)26(28(32)30-22-8-5-6-9-22)21-16-24(34-2)27(36-4)25(17-21)35-3/h7,10-17,22,26H,5-6,8-9,18H2,1-4H3,(H,30,32)/t26-/m0/s1. The van der Waals surface area contributed by atoms with E-state index < -0.39 is 11.9 Å². The summed E-state index contributed by atoms with van der Waals surface area (Å²) in [5.74, 6) is 0.691. The van der Waals surface area contributed by atoms with E-state index in [2.05, 4.69) is 5.32 Å². The first-order chi connectivity index (χ1) is 17.9. The molecule has 0 aliphatic heterocycles. The van der Waals surface area contributed by atoms with Crippen LogP contribution in [0.3, 0.4) is 0 Å². The monoisotopic (exact) mass is 506 g/mol. The Hall–Kier alpha value is -3.94. The molecule has 0 bridgehead atoms. The van der Waals surface area contributed by atoms with Crippen LogP contribution in [0.2, 0.25) is 0 Å². The Bertz CT molecular complexity index is 1170. The molecule has 37 heavy (non-hydrogen) atoms. The molecule has 3 aromatic rings. The fourth-order valence-electron chi connectivity index (χ4n) is 4.79. The Morgan fingerprint density at radius 1 is 1.00 bits per heavy atom. The molecule has 2 amide bonds. The second-order valence-corrected chi connectivity index (χ2v) is 9.25. The summed E-state index contributed by atoms with van der Waals surface area (Å²) in [5, 5.41) is 3.18. The van der Waals surface area contributed by atoms with Crippen molar-refractivity contribution in [3.63, 3.8) is 0 Å². The lowest BCUT2D eigenvalue weighted by atomic mass is 10.0. The van der Waals surface area contributed by atoms with Gasteiger partial charge in [0.15, 0.2) is 17.3 Å². The average Bonchev–Trinajstić information content (AvgIpc) is 3.63. The molecule has 0 saturated heterocycles. The summed E-state index contributed by atoms with van der Waals surface area (Å²) in [6.07, 6.45) is 5.41. The summed E-state index contributed by atoms with van der Waals surface area (Å²) in [6.45, 7) is 2.20. The molecular weight excluding hydrogens is 472 g/mol. The first kappa shape index (κ1) is 26.1. The van der Waals surface area contributed by atoms with Crippen LogP contribution in [0.5, 0.6) is 17.2 Å². The summed E-state index contributed by atoms with van der Waals surface area (Å²) in [7, 11) is 4.56. The molecule has 1 atom stereocenters. The van der Waals surface area contributed by atoms with Gasteiger partial charge >= 0.3 is 0 Å². The highest BCUT2D eigenvalue weighted by atomic mass is 16.5. The van der Waals surface area contributed by atoms with E-state index in [0.717, 1.165) is 36.8 Å². The maximum absolute atomic E-state index is 14.0. The van der Waals surface area contributed by atoms with Crippen molar-refractivity contribution in [3.05, 3.63) is 77.2 Å². The topological polar surface area (TPSA) is 90.2 Å². The molecule has 1 saturated carbocycles. The molecule has 1 aliphatic carbocycles. The minimum absolute atomic E-state index is 0.0666. The molecular formula is C29H34N2O6. The molecule has 0 radical (unpaired) electrons. The van der Waals surface area contributed by atoms with Crippen LogP contribution in [-0.4, -0.2) is 44.1 Å². The number of aryl methyl sites for hydroxylation is 1. The molecule has 0 unspecified atom stereocenters. The average molecular weight is 507 g/mol. The number of ether oxygens (including phenoxy) is 3. The van der Waals surface area contributed by atoms with E-state index in [1.165, 1.54) is 32.5 Å². The van der Waals surface area contributed by atoms with Crippen molar-refractivity contribution < 1.29 is 28.2 Å². The van der Waals surface area contributed by atoms with E-state index in [4.69, 9.17) is 18.6 Å².